The summed E-state index contributed by atoms with van der Waals surface area (Å²) < 4.78 is 0. The van der Waals surface area contributed by atoms with Gasteiger partial charge in [0.05, 0.1) is 0 Å². The molecule has 0 bridgehead atoms. The Hall–Kier alpha value is -3.36. The predicted octanol–water partition coefficient (Wildman–Crippen LogP) is 0.913. The number of rotatable bonds is 5. The van der Waals surface area contributed by atoms with Crippen LogP contribution in [0.1, 0.15) is 6.42 Å². The van der Waals surface area contributed by atoms with Gasteiger partial charge in [-0.25, -0.2) is 9.97 Å². The van der Waals surface area contributed by atoms with Crippen molar-refractivity contribution >= 4 is 23.5 Å². The first-order valence-corrected chi connectivity index (χ1v) is 11.3. The van der Waals surface area contributed by atoms with Gasteiger partial charge in [0.15, 0.2) is 5.96 Å². The standard InChI is InChI=1S/C23H32N8O/c1-24-22(30-16-18-31(19-17-30)23-25-9-5-10-26-23)27-11-8-21(32)29-14-12-28(13-15-29)20-6-3-2-4-7-20/h2-7,9-10H,8,11-19H2,1H3,(H,24,27). The topological polar surface area (TPSA) is 80.2 Å². The summed E-state index contributed by atoms with van der Waals surface area (Å²) in [5.74, 6) is 1.82. The number of anilines is 2. The van der Waals surface area contributed by atoms with E-state index in [2.05, 4.69) is 59.2 Å². The van der Waals surface area contributed by atoms with Crippen LogP contribution in [0.4, 0.5) is 11.6 Å². The fourth-order valence-electron chi connectivity index (χ4n) is 4.20. The Labute approximate surface area is 189 Å². The first kappa shape index (κ1) is 21.9. The number of amides is 1. The van der Waals surface area contributed by atoms with Crippen molar-refractivity contribution in [2.45, 2.75) is 6.42 Å². The maximum Gasteiger partial charge on any atom is 0.225 e. The zero-order valence-corrected chi connectivity index (χ0v) is 18.7. The second-order valence-corrected chi connectivity index (χ2v) is 7.95. The van der Waals surface area contributed by atoms with Crippen LogP contribution >= 0.6 is 0 Å². The second kappa shape index (κ2) is 10.8. The molecule has 2 saturated heterocycles. The Kier molecular flexibility index (Phi) is 7.37. The van der Waals surface area contributed by atoms with E-state index in [1.165, 1.54) is 5.69 Å². The van der Waals surface area contributed by atoms with Crippen molar-refractivity contribution in [2.75, 3.05) is 75.8 Å². The molecule has 2 aliphatic heterocycles. The third-order valence-electron chi connectivity index (χ3n) is 6.00. The molecule has 2 fully saturated rings. The number of hydrogen-bond donors (Lipinski definition) is 1. The largest absolute Gasteiger partial charge is 0.368 e. The minimum Gasteiger partial charge on any atom is -0.368 e. The van der Waals surface area contributed by atoms with Gasteiger partial charge in [0, 0.05) is 90.5 Å². The molecule has 0 unspecified atom stereocenters. The van der Waals surface area contributed by atoms with Crippen LogP contribution in [0.25, 0.3) is 0 Å². The number of hydrogen-bond acceptors (Lipinski definition) is 6. The lowest BCUT2D eigenvalue weighted by Crippen LogP contribution is -2.53. The van der Waals surface area contributed by atoms with Gasteiger partial charge in [-0.05, 0) is 18.2 Å². The summed E-state index contributed by atoms with van der Waals surface area (Å²) in [4.78, 5) is 34.5. The quantitative estimate of drug-likeness (QED) is 0.551. The number of para-hydroxylation sites is 1. The Morgan fingerprint density at radius 2 is 1.50 bits per heavy atom. The molecule has 1 N–H and O–H groups in total. The molecule has 0 atom stereocenters. The molecule has 4 rings (SSSR count). The lowest BCUT2D eigenvalue weighted by Gasteiger charge is -2.37. The van der Waals surface area contributed by atoms with Crippen molar-refractivity contribution < 1.29 is 4.79 Å². The number of piperazine rings is 2. The number of nitrogens with zero attached hydrogens (tertiary/aromatic N) is 7. The lowest BCUT2D eigenvalue weighted by atomic mass is 10.2. The fraction of sp³-hybridized carbons (Fsp3) is 0.478. The van der Waals surface area contributed by atoms with E-state index in [9.17, 15) is 4.79 Å². The number of benzene rings is 1. The molecule has 1 aromatic heterocycles. The van der Waals surface area contributed by atoms with Gasteiger partial charge in [-0.15, -0.1) is 0 Å². The first-order valence-electron chi connectivity index (χ1n) is 11.3. The maximum absolute atomic E-state index is 12.7. The van der Waals surface area contributed by atoms with Gasteiger partial charge < -0.3 is 24.9 Å². The third-order valence-corrected chi connectivity index (χ3v) is 6.00. The number of guanidine groups is 1. The molecule has 0 saturated carbocycles. The van der Waals surface area contributed by atoms with Crippen LogP contribution in [0.15, 0.2) is 53.8 Å². The average Bonchev–Trinajstić information content (AvgIpc) is 2.88. The van der Waals surface area contributed by atoms with Gasteiger partial charge >= 0.3 is 0 Å². The number of aliphatic imine (C=N–C) groups is 1. The monoisotopic (exact) mass is 436 g/mol. The first-order chi connectivity index (χ1) is 15.7. The molecule has 1 aromatic carbocycles. The zero-order valence-electron chi connectivity index (χ0n) is 18.7. The van der Waals surface area contributed by atoms with Crippen LogP contribution in [-0.4, -0.2) is 97.6 Å². The molecule has 2 aromatic rings. The SMILES string of the molecule is CN=C(NCCC(=O)N1CCN(c2ccccc2)CC1)N1CCN(c2ncccn2)CC1. The Balaban J connectivity index is 1.17. The molecule has 3 heterocycles. The summed E-state index contributed by atoms with van der Waals surface area (Å²) in [5, 5.41) is 3.37. The molecule has 32 heavy (non-hydrogen) atoms. The average molecular weight is 437 g/mol. The van der Waals surface area contributed by atoms with E-state index >= 15 is 0 Å². The smallest absolute Gasteiger partial charge is 0.225 e. The number of carbonyl (C=O) groups is 1. The molecule has 9 heteroatoms. The summed E-state index contributed by atoms with van der Waals surface area (Å²) in [5.41, 5.74) is 1.23. The highest BCUT2D eigenvalue weighted by Crippen LogP contribution is 2.16. The van der Waals surface area contributed by atoms with Crippen LogP contribution in [0, 0.1) is 0 Å². The number of carbonyl (C=O) groups excluding carboxylic acids is 1. The molecule has 0 spiro atoms. The third kappa shape index (κ3) is 5.46. The minimum atomic E-state index is 0.201. The normalized spacial score (nSPS) is 17.5. The van der Waals surface area contributed by atoms with Gasteiger partial charge in [0.2, 0.25) is 11.9 Å². The highest BCUT2D eigenvalue weighted by molar-refractivity contribution is 5.81. The molecule has 9 nitrogen and oxygen atoms in total. The number of nitrogens with one attached hydrogen (secondary N) is 1. The van der Waals surface area contributed by atoms with E-state index in [0.29, 0.717) is 13.0 Å². The van der Waals surface area contributed by atoms with Crippen molar-refractivity contribution in [1.82, 2.24) is 25.1 Å². The van der Waals surface area contributed by atoms with E-state index in [0.717, 1.165) is 64.3 Å². The van der Waals surface area contributed by atoms with Crippen LogP contribution < -0.4 is 15.1 Å². The maximum atomic E-state index is 12.7. The van der Waals surface area contributed by atoms with Crippen LogP contribution in [0.5, 0.6) is 0 Å². The van der Waals surface area contributed by atoms with Crippen molar-refractivity contribution in [3.05, 3.63) is 48.8 Å². The molecular weight excluding hydrogens is 404 g/mol. The van der Waals surface area contributed by atoms with Crippen LogP contribution in [-0.2, 0) is 4.79 Å². The van der Waals surface area contributed by atoms with E-state index < -0.39 is 0 Å². The fourth-order valence-corrected chi connectivity index (χ4v) is 4.20. The highest BCUT2D eigenvalue weighted by Gasteiger charge is 2.23. The van der Waals surface area contributed by atoms with Gasteiger partial charge in [-0.1, -0.05) is 18.2 Å². The van der Waals surface area contributed by atoms with E-state index in [1.54, 1.807) is 19.4 Å². The second-order valence-electron chi connectivity index (χ2n) is 7.95. The van der Waals surface area contributed by atoms with Gasteiger partial charge in [-0.3, -0.25) is 9.79 Å². The summed E-state index contributed by atoms with van der Waals surface area (Å²) in [6.45, 7) is 7.25. The zero-order chi connectivity index (χ0) is 22.2. The van der Waals surface area contributed by atoms with Crippen molar-refractivity contribution in [1.29, 1.82) is 0 Å². The number of aromatic nitrogens is 2. The molecule has 2 aliphatic rings. The Morgan fingerprint density at radius 1 is 0.875 bits per heavy atom. The minimum absolute atomic E-state index is 0.201. The molecular formula is C23H32N8O. The summed E-state index contributed by atoms with van der Waals surface area (Å²) in [6.07, 6.45) is 4.02. The van der Waals surface area contributed by atoms with E-state index in [4.69, 9.17) is 0 Å². The van der Waals surface area contributed by atoms with Crippen LogP contribution in [0.3, 0.4) is 0 Å². The van der Waals surface area contributed by atoms with Crippen molar-refractivity contribution in [2.24, 2.45) is 4.99 Å². The predicted molar refractivity (Wildman–Crippen MR) is 127 cm³/mol. The molecule has 170 valence electrons. The van der Waals surface area contributed by atoms with Crippen molar-refractivity contribution in [3.8, 4) is 0 Å². The highest BCUT2D eigenvalue weighted by atomic mass is 16.2. The molecule has 0 radical (unpaired) electrons. The Morgan fingerprint density at radius 3 is 2.16 bits per heavy atom. The van der Waals surface area contributed by atoms with Gasteiger partial charge in [0.25, 0.3) is 0 Å². The summed E-state index contributed by atoms with van der Waals surface area (Å²) in [7, 11) is 1.79. The molecule has 0 aliphatic carbocycles. The Bertz CT molecular complexity index is 875. The van der Waals surface area contributed by atoms with E-state index in [-0.39, 0.29) is 5.91 Å². The molecule has 1 amide bonds. The van der Waals surface area contributed by atoms with Gasteiger partial charge in [-0.2, -0.15) is 0 Å². The summed E-state index contributed by atoms with van der Waals surface area (Å²) in [6, 6.07) is 12.2. The van der Waals surface area contributed by atoms with E-state index in [1.807, 2.05) is 17.0 Å². The van der Waals surface area contributed by atoms with Crippen LogP contribution in [0.2, 0.25) is 0 Å². The lowest BCUT2D eigenvalue weighted by molar-refractivity contribution is -0.131. The van der Waals surface area contributed by atoms with Gasteiger partial charge in [0.1, 0.15) is 0 Å². The summed E-state index contributed by atoms with van der Waals surface area (Å²) >= 11 is 0. The van der Waals surface area contributed by atoms with Crippen molar-refractivity contribution in [3.63, 3.8) is 0 Å².